The summed E-state index contributed by atoms with van der Waals surface area (Å²) in [6, 6.07) is 5.03. The Labute approximate surface area is 142 Å². The molecule has 4 rings (SSSR count). The molecular weight excluding hydrogens is 355 g/mol. The quantitative estimate of drug-likeness (QED) is 0.827. The molecule has 0 spiro atoms. The molecule has 1 N–H and O–H groups in total. The first-order valence-corrected chi connectivity index (χ1v) is 9.27. The summed E-state index contributed by atoms with van der Waals surface area (Å²) < 4.78 is 71.7. The maximum absolute atomic E-state index is 13.9. The highest BCUT2D eigenvalue weighted by atomic mass is 32.2. The number of benzene rings is 2. The lowest BCUT2D eigenvalue weighted by atomic mass is 9.90. The zero-order valence-electron chi connectivity index (χ0n) is 12.9. The molecule has 2 aromatic carbocycles. The van der Waals surface area contributed by atoms with Crippen molar-refractivity contribution in [2.45, 2.75) is 28.2 Å². The Morgan fingerprint density at radius 2 is 1.92 bits per heavy atom. The van der Waals surface area contributed by atoms with Gasteiger partial charge in [-0.25, -0.2) is 21.6 Å². The summed E-state index contributed by atoms with van der Waals surface area (Å²) in [6.45, 7) is 1.50. The molecule has 2 aliphatic heterocycles. The van der Waals surface area contributed by atoms with Crippen molar-refractivity contribution in [1.29, 1.82) is 0 Å². The van der Waals surface area contributed by atoms with Crippen molar-refractivity contribution in [3.8, 4) is 5.75 Å². The first-order chi connectivity index (χ1) is 11.9. The van der Waals surface area contributed by atoms with E-state index in [4.69, 9.17) is 4.74 Å². The van der Waals surface area contributed by atoms with E-state index in [9.17, 15) is 21.6 Å². The molecule has 0 amide bonds. The van der Waals surface area contributed by atoms with E-state index in [0.717, 1.165) is 18.5 Å². The Morgan fingerprint density at radius 3 is 2.72 bits per heavy atom. The number of hydrogen-bond acceptors (Lipinski definition) is 4. The van der Waals surface area contributed by atoms with E-state index in [-0.39, 0.29) is 16.9 Å². The Balaban J connectivity index is 1.79. The minimum atomic E-state index is -4.42. The molecule has 0 saturated carbocycles. The normalized spacial score (nSPS) is 22.2. The zero-order valence-corrected chi connectivity index (χ0v) is 13.7. The van der Waals surface area contributed by atoms with Crippen molar-refractivity contribution >= 4 is 9.84 Å². The van der Waals surface area contributed by atoms with Gasteiger partial charge in [0.15, 0.2) is 11.6 Å². The second kappa shape index (κ2) is 5.74. The van der Waals surface area contributed by atoms with Gasteiger partial charge in [0.2, 0.25) is 9.84 Å². The lowest BCUT2D eigenvalue weighted by Gasteiger charge is -2.24. The van der Waals surface area contributed by atoms with Gasteiger partial charge in [-0.05, 0) is 31.2 Å². The van der Waals surface area contributed by atoms with Crippen molar-refractivity contribution in [1.82, 2.24) is 5.32 Å². The molecule has 2 aromatic rings. The number of hydrogen-bond donors (Lipinski definition) is 1. The molecule has 25 heavy (non-hydrogen) atoms. The van der Waals surface area contributed by atoms with Crippen LogP contribution in [0.5, 0.6) is 5.75 Å². The molecule has 8 heteroatoms. The summed E-state index contributed by atoms with van der Waals surface area (Å²) in [5.74, 6) is -3.71. The third kappa shape index (κ3) is 2.60. The molecule has 132 valence electrons. The molecule has 0 bridgehead atoms. The maximum Gasteiger partial charge on any atom is 0.209 e. The number of sulfone groups is 1. The lowest BCUT2D eigenvalue weighted by molar-refractivity contribution is 0.176. The van der Waals surface area contributed by atoms with Crippen molar-refractivity contribution in [3.05, 3.63) is 53.3 Å². The summed E-state index contributed by atoms with van der Waals surface area (Å²) in [5.41, 5.74) is 0.899. The van der Waals surface area contributed by atoms with Gasteiger partial charge in [0.25, 0.3) is 0 Å². The van der Waals surface area contributed by atoms with Crippen LogP contribution in [0, 0.1) is 17.5 Å². The molecule has 2 unspecified atom stereocenters. The Hall–Kier alpha value is -2.06. The van der Waals surface area contributed by atoms with E-state index in [1.54, 1.807) is 6.07 Å². The second-order valence-electron chi connectivity index (χ2n) is 6.16. The van der Waals surface area contributed by atoms with Crippen molar-refractivity contribution in [2.75, 3.05) is 13.1 Å². The number of rotatable bonds is 2. The van der Waals surface area contributed by atoms with E-state index in [1.165, 1.54) is 12.1 Å². The standard InChI is InChI=1S/C17H14F3NO3S/c18-9-5-13(19)17(20)16(6-9)25(22,23)10-1-2-11-12-3-4-21-8-15(12)24-14(11)7-10/h1-2,5-7,12,15,21H,3-4,8H2. The van der Waals surface area contributed by atoms with Crippen LogP contribution in [0.2, 0.25) is 0 Å². The first kappa shape index (κ1) is 16.4. The first-order valence-electron chi connectivity index (χ1n) is 7.79. The average Bonchev–Trinajstić information content (AvgIpc) is 2.95. The van der Waals surface area contributed by atoms with E-state index >= 15 is 0 Å². The predicted octanol–water partition coefficient (Wildman–Crippen LogP) is 2.77. The monoisotopic (exact) mass is 369 g/mol. The molecule has 0 radical (unpaired) electrons. The van der Waals surface area contributed by atoms with E-state index in [1.807, 2.05) is 0 Å². The number of nitrogens with one attached hydrogen (secondary N) is 1. The van der Waals surface area contributed by atoms with E-state index < -0.39 is 32.2 Å². The van der Waals surface area contributed by atoms with Gasteiger partial charge in [-0.15, -0.1) is 0 Å². The topological polar surface area (TPSA) is 55.4 Å². The van der Waals surface area contributed by atoms with Crippen LogP contribution < -0.4 is 10.1 Å². The number of halogens is 3. The molecule has 1 fully saturated rings. The highest BCUT2D eigenvalue weighted by Crippen LogP contribution is 2.43. The highest BCUT2D eigenvalue weighted by molar-refractivity contribution is 7.91. The molecule has 0 aromatic heterocycles. The van der Waals surface area contributed by atoms with Gasteiger partial charge >= 0.3 is 0 Å². The van der Waals surface area contributed by atoms with Gasteiger partial charge in [-0.3, -0.25) is 0 Å². The fourth-order valence-corrected chi connectivity index (χ4v) is 4.78. The minimum absolute atomic E-state index is 0.0787. The second-order valence-corrected chi connectivity index (χ2v) is 8.08. The molecule has 2 heterocycles. The van der Waals surface area contributed by atoms with Crippen molar-refractivity contribution < 1.29 is 26.3 Å². The Bertz CT molecular complexity index is 962. The summed E-state index contributed by atoms with van der Waals surface area (Å²) in [5, 5.41) is 3.21. The number of ether oxygens (including phenoxy) is 1. The summed E-state index contributed by atoms with van der Waals surface area (Å²) in [7, 11) is -4.42. The van der Waals surface area contributed by atoms with Gasteiger partial charge in [-0.2, -0.15) is 0 Å². The number of piperidine rings is 1. The van der Waals surface area contributed by atoms with Crippen LogP contribution in [-0.4, -0.2) is 27.6 Å². The molecule has 0 aliphatic carbocycles. The third-order valence-corrected chi connectivity index (χ3v) is 6.40. The van der Waals surface area contributed by atoms with Gasteiger partial charge in [-0.1, -0.05) is 6.07 Å². The van der Waals surface area contributed by atoms with Crippen LogP contribution in [0.3, 0.4) is 0 Å². The van der Waals surface area contributed by atoms with Crippen molar-refractivity contribution in [3.63, 3.8) is 0 Å². The van der Waals surface area contributed by atoms with E-state index in [0.29, 0.717) is 24.4 Å². The van der Waals surface area contributed by atoms with Gasteiger partial charge in [0.05, 0.1) is 4.90 Å². The Kier molecular flexibility index (Phi) is 3.77. The predicted molar refractivity (Wildman–Crippen MR) is 82.9 cm³/mol. The molecule has 2 aliphatic rings. The van der Waals surface area contributed by atoms with Gasteiger partial charge < -0.3 is 10.1 Å². The lowest BCUT2D eigenvalue weighted by Crippen LogP contribution is -2.39. The third-order valence-electron chi connectivity index (χ3n) is 4.65. The van der Waals surface area contributed by atoms with E-state index in [2.05, 4.69) is 5.32 Å². The van der Waals surface area contributed by atoms with Gasteiger partial charge in [0.1, 0.15) is 22.6 Å². The SMILES string of the molecule is O=S(=O)(c1ccc2c(c1)OC1CNCCC21)c1cc(F)cc(F)c1F. The number of fused-ring (bicyclic) bond motifs is 3. The van der Waals surface area contributed by atoms with Crippen LogP contribution >= 0.6 is 0 Å². The minimum Gasteiger partial charge on any atom is -0.488 e. The van der Waals surface area contributed by atoms with Crippen molar-refractivity contribution in [2.24, 2.45) is 0 Å². The summed E-state index contributed by atoms with van der Waals surface area (Å²) in [6.07, 6.45) is 0.790. The zero-order chi connectivity index (χ0) is 17.8. The average molecular weight is 369 g/mol. The molecule has 1 saturated heterocycles. The van der Waals surface area contributed by atoms with Crippen LogP contribution in [-0.2, 0) is 9.84 Å². The largest absolute Gasteiger partial charge is 0.488 e. The highest BCUT2D eigenvalue weighted by Gasteiger charge is 2.37. The summed E-state index contributed by atoms with van der Waals surface area (Å²) in [4.78, 5) is -1.29. The van der Waals surface area contributed by atoms with Crippen LogP contribution in [0.15, 0.2) is 40.1 Å². The molecule has 4 nitrogen and oxygen atoms in total. The molecular formula is C17H14F3NO3S. The van der Waals surface area contributed by atoms with Crippen LogP contribution in [0.1, 0.15) is 17.9 Å². The molecule has 2 atom stereocenters. The fourth-order valence-electron chi connectivity index (χ4n) is 3.42. The fraction of sp³-hybridized carbons (Fsp3) is 0.294. The summed E-state index contributed by atoms with van der Waals surface area (Å²) >= 11 is 0. The maximum atomic E-state index is 13.9. The van der Waals surface area contributed by atoms with Crippen LogP contribution in [0.25, 0.3) is 0 Å². The Morgan fingerprint density at radius 1 is 1.12 bits per heavy atom. The van der Waals surface area contributed by atoms with Gasteiger partial charge in [0, 0.05) is 24.1 Å². The van der Waals surface area contributed by atoms with Crippen LogP contribution in [0.4, 0.5) is 13.2 Å². The smallest absolute Gasteiger partial charge is 0.209 e.